The Hall–Kier alpha value is -1.79. The molecule has 0 radical (unpaired) electrons. The highest BCUT2D eigenvalue weighted by atomic mass is 16.3. The van der Waals surface area contributed by atoms with Crippen LogP contribution in [0.4, 0.5) is 5.69 Å². The number of anilines is 1. The molecule has 6 nitrogen and oxygen atoms in total. The zero-order valence-corrected chi connectivity index (χ0v) is 10.2. The van der Waals surface area contributed by atoms with Crippen LogP contribution in [-0.4, -0.2) is 40.0 Å². The second-order valence-corrected chi connectivity index (χ2v) is 4.15. The zero-order valence-electron chi connectivity index (χ0n) is 10.2. The fourth-order valence-electron chi connectivity index (χ4n) is 1.49. The average molecular weight is 254 g/mol. The lowest BCUT2D eigenvalue weighted by atomic mass is 9.97. The third kappa shape index (κ3) is 2.72. The first kappa shape index (κ1) is 14.3. The van der Waals surface area contributed by atoms with Gasteiger partial charge in [-0.05, 0) is 18.6 Å². The van der Waals surface area contributed by atoms with Crippen molar-refractivity contribution in [3.63, 3.8) is 0 Å². The lowest BCUT2D eigenvalue weighted by Gasteiger charge is -2.29. The predicted octanol–water partition coefficient (Wildman–Crippen LogP) is -0.162. The van der Waals surface area contributed by atoms with Gasteiger partial charge in [-0.15, -0.1) is 0 Å². The second-order valence-electron chi connectivity index (χ2n) is 4.15. The molecule has 0 saturated carbocycles. The number of aliphatic hydroxyl groups excluding tert-OH is 2. The van der Waals surface area contributed by atoms with Gasteiger partial charge >= 0.3 is 0 Å². The summed E-state index contributed by atoms with van der Waals surface area (Å²) in [6.45, 7) is 0.940. The number of phenolic OH excluding ortho intramolecular Hbond substituents is 1. The number of nitrogen functional groups attached to an aromatic ring is 1. The van der Waals surface area contributed by atoms with Crippen LogP contribution in [0.25, 0.3) is 0 Å². The number of carbonyl (C=O) groups excluding carboxylic acids is 1. The molecular weight excluding hydrogens is 236 g/mol. The first-order valence-corrected chi connectivity index (χ1v) is 5.61. The maximum absolute atomic E-state index is 12.0. The summed E-state index contributed by atoms with van der Waals surface area (Å²) in [6, 6.07) is 4.42. The monoisotopic (exact) mass is 254 g/mol. The van der Waals surface area contributed by atoms with Crippen LogP contribution in [0, 0.1) is 0 Å². The summed E-state index contributed by atoms with van der Waals surface area (Å²) < 4.78 is 0. The van der Waals surface area contributed by atoms with Gasteiger partial charge in [-0.1, -0.05) is 13.0 Å². The molecular formula is C12H18N2O4. The Balaban J connectivity index is 2.98. The normalized spacial score (nSPS) is 11.3. The van der Waals surface area contributed by atoms with E-state index in [-0.39, 0.29) is 17.0 Å². The number of benzene rings is 1. The van der Waals surface area contributed by atoms with Crippen molar-refractivity contribution in [3.05, 3.63) is 23.8 Å². The number of hydrogen-bond donors (Lipinski definition) is 5. The number of amides is 1. The van der Waals surface area contributed by atoms with E-state index in [1.165, 1.54) is 18.2 Å². The molecule has 0 aliphatic rings. The van der Waals surface area contributed by atoms with Crippen molar-refractivity contribution in [1.82, 2.24) is 5.32 Å². The molecule has 0 atom stereocenters. The number of nitrogens with one attached hydrogen (secondary N) is 1. The molecule has 0 saturated heterocycles. The van der Waals surface area contributed by atoms with Crippen molar-refractivity contribution in [1.29, 1.82) is 0 Å². The largest absolute Gasteiger partial charge is 0.505 e. The van der Waals surface area contributed by atoms with E-state index in [0.29, 0.717) is 6.42 Å². The highest BCUT2D eigenvalue weighted by Crippen LogP contribution is 2.25. The summed E-state index contributed by atoms with van der Waals surface area (Å²) in [4.78, 5) is 12.0. The van der Waals surface area contributed by atoms with Crippen LogP contribution in [0.2, 0.25) is 0 Å². The molecule has 0 spiro atoms. The van der Waals surface area contributed by atoms with E-state index in [2.05, 4.69) is 5.32 Å². The standard InChI is InChI=1S/C12H18N2O4/c1-2-12(6-15,7-16)14-11(18)8-4-3-5-9(13)10(8)17/h3-5,15-17H,2,6-7,13H2,1H3,(H,14,18). The third-order valence-electron chi connectivity index (χ3n) is 2.97. The van der Waals surface area contributed by atoms with Gasteiger partial charge in [0.05, 0.1) is 30.0 Å². The van der Waals surface area contributed by atoms with Crippen LogP contribution >= 0.6 is 0 Å². The van der Waals surface area contributed by atoms with Crippen molar-refractivity contribution in [2.45, 2.75) is 18.9 Å². The van der Waals surface area contributed by atoms with E-state index in [4.69, 9.17) is 5.73 Å². The topological polar surface area (TPSA) is 116 Å². The smallest absolute Gasteiger partial charge is 0.255 e. The molecule has 1 rings (SSSR count). The lowest BCUT2D eigenvalue weighted by molar-refractivity contribution is 0.0651. The van der Waals surface area contributed by atoms with Crippen LogP contribution in [0.3, 0.4) is 0 Å². The van der Waals surface area contributed by atoms with Gasteiger partial charge < -0.3 is 26.4 Å². The Labute approximate surface area is 105 Å². The third-order valence-corrected chi connectivity index (χ3v) is 2.97. The minimum atomic E-state index is -1.10. The van der Waals surface area contributed by atoms with Gasteiger partial charge in [0.15, 0.2) is 5.75 Å². The number of aliphatic hydroxyl groups is 2. The summed E-state index contributed by atoms with van der Waals surface area (Å²) in [5.41, 5.74) is 4.49. The Morgan fingerprint density at radius 3 is 2.50 bits per heavy atom. The van der Waals surface area contributed by atoms with Crippen LogP contribution in [0.1, 0.15) is 23.7 Å². The van der Waals surface area contributed by atoms with Gasteiger partial charge in [0, 0.05) is 0 Å². The molecule has 0 unspecified atom stereocenters. The fraction of sp³-hybridized carbons (Fsp3) is 0.417. The van der Waals surface area contributed by atoms with Crippen molar-refractivity contribution in [2.24, 2.45) is 0 Å². The van der Waals surface area contributed by atoms with Crippen LogP contribution in [0.5, 0.6) is 5.75 Å². The fourth-order valence-corrected chi connectivity index (χ4v) is 1.49. The number of carbonyl (C=O) groups is 1. The van der Waals surface area contributed by atoms with E-state index in [0.717, 1.165) is 0 Å². The highest BCUT2D eigenvalue weighted by Gasteiger charge is 2.29. The molecule has 6 heteroatoms. The van der Waals surface area contributed by atoms with Gasteiger partial charge in [-0.25, -0.2) is 0 Å². The number of rotatable bonds is 5. The zero-order chi connectivity index (χ0) is 13.8. The first-order valence-electron chi connectivity index (χ1n) is 5.61. The van der Waals surface area contributed by atoms with E-state index in [1.807, 2.05) is 0 Å². The minimum absolute atomic E-state index is 0.00900. The number of nitrogens with two attached hydrogens (primary N) is 1. The minimum Gasteiger partial charge on any atom is -0.505 e. The van der Waals surface area contributed by atoms with E-state index < -0.39 is 24.7 Å². The summed E-state index contributed by atoms with van der Waals surface area (Å²) in [6.07, 6.45) is 0.356. The molecule has 1 aromatic rings. The average Bonchev–Trinajstić information content (AvgIpc) is 2.39. The number of aromatic hydroxyl groups is 1. The second kappa shape index (κ2) is 5.70. The molecule has 1 aromatic carbocycles. The molecule has 1 amide bonds. The number of phenols is 1. The van der Waals surface area contributed by atoms with Crippen molar-refractivity contribution >= 4 is 11.6 Å². The Morgan fingerprint density at radius 1 is 1.39 bits per heavy atom. The predicted molar refractivity (Wildman–Crippen MR) is 67.2 cm³/mol. The summed E-state index contributed by atoms with van der Waals surface area (Å²) in [5.74, 6) is -0.902. The van der Waals surface area contributed by atoms with Crippen LogP contribution < -0.4 is 11.1 Å². The molecule has 6 N–H and O–H groups in total. The Bertz CT molecular complexity index is 422. The van der Waals surface area contributed by atoms with Gasteiger partial charge in [0.2, 0.25) is 0 Å². The van der Waals surface area contributed by atoms with Crippen molar-refractivity contribution < 1.29 is 20.1 Å². The molecule has 0 aromatic heterocycles. The molecule has 0 fully saturated rings. The van der Waals surface area contributed by atoms with Gasteiger partial charge in [0.1, 0.15) is 0 Å². The molecule has 0 heterocycles. The van der Waals surface area contributed by atoms with E-state index >= 15 is 0 Å². The van der Waals surface area contributed by atoms with Gasteiger partial charge in [0.25, 0.3) is 5.91 Å². The Kier molecular flexibility index (Phi) is 4.52. The molecule has 18 heavy (non-hydrogen) atoms. The van der Waals surface area contributed by atoms with Crippen LogP contribution in [-0.2, 0) is 0 Å². The maximum Gasteiger partial charge on any atom is 0.255 e. The molecule has 0 bridgehead atoms. The van der Waals surface area contributed by atoms with E-state index in [1.54, 1.807) is 6.92 Å². The molecule has 0 aliphatic carbocycles. The maximum atomic E-state index is 12.0. The molecule has 100 valence electrons. The van der Waals surface area contributed by atoms with Crippen LogP contribution in [0.15, 0.2) is 18.2 Å². The van der Waals surface area contributed by atoms with E-state index in [9.17, 15) is 20.1 Å². The first-order chi connectivity index (χ1) is 8.49. The number of hydrogen-bond acceptors (Lipinski definition) is 5. The van der Waals surface area contributed by atoms with Gasteiger partial charge in [-0.2, -0.15) is 0 Å². The Morgan fingerprint density at radius 2 is 2.00 bits per heavy atom. The molecule has 0 aliphatic heterocycles. The summed E-state index contributed by atoms with van der Waals surface area (Å²) >= 11 is 0. The summed E-state index contributed by atoms with van der Waals surface area (Å²) in [5, 5.41) is 30.7. The van der Waals surface area contributed by atoms with Gasteiger partial charge in [-0.3, -0.25) is 4.79 Å². The van der Waals surface area contributed by atoms with Crippen molar-refractivity contribution in [2.75, 3.05) is 18.9 Å². The SMILES string of the molecule is CCC(CO)(CO)NC(=O)c1cccc(N)c1O. The lowest BCUT2D eigenvalue weighted by Crippen LogP contribution is -2.53. The highest BCUT2D eigenvalue weighted by molar-refractivity contribution is 5.98. The summed E-state index contributed by atoms with van der Waals surface area (Å²) in [7, 11) is 0. The van der Waals surface area contributed by atoms with Crippen molar-refractivity contribution in [3.8, 4) is 5.75 Å². The number of para-hydroxylation sites is 1. The quantitative estimate of drug-likeness (QED) is 0.370.